The highest BCUT2D eigenvalue weighted by Gasteiger charge is 2.35. The van der Waals surface area contributed by atoms with Gasteiger partial charge in [0.05, 0.1) is 30.9 Å². The standard InChI is InChI=1S/C14H17F2NO3/c1-3-17(10-6-20-7-11(10)18)14(19)9-5-4-8(2)12(15)13(9)16/h4-5,10-11,18H,3,6-7H2,1-2H3/t10-,11-/m1/s1. The van der Waals surface area contributed by atoms with Crippen molar-refractivity contribution in [2.24, 2.45) is 0 Å². The highest BCUT2D eigenvalue weighted by molar-refractivity contribution is 5.94. The van der Waals surface area contributed by atoms with Crippen LogP contribution in [-0.4, -0.2) is 47.8 Å². The Morgan fingerprint density at radius 3 is 2.65 bits per heavy atom. The Morgan fingerprint density at radius 2 is 2.10 bits per heavy atom. The lowest BCUT2D eigenvalue weighted by Gasteiger charge is -2.29. The minimum absolute atomic E-state index is 0.138. The summed E-state index contributed by atoms with van der Waals surface area (Å²) in [6.45, 7) is 3.75. The third kappa shape index (κ3) is 2.53. The minimum Gasteiger partial charge on any atom is -0.388 e. The normalized spacial score (nSPS) is 22.1. The van der Waals surface area contributed by atoms with Crippen molar-refractivity contribution < 1.29 is 23.4 Å². The molecule has 0 unspecified atom stereocenters. The van der Waals surface area contributed by atoms with E-state index >= 15 is 0 Å². The van der Waals surface area contributed by atoms with Gasteiger partial charge in [-0.05, 0) is 25.5 Å². The number of hydrogen-bond acceptors (Lipinski definition) is 3. The van der Waals surface area contributed by atoms with Gasteiger partial charge in [0.25, 0.3) is 5.91 Å². The van der Waals surface area contributed by atoms with Gasteiger partial charge in [-0.3, -0.25) is 4.79 Å². The number of benzene rings is 1. The summed E-state index contributed by atoms with van der Waals surface area (Å²) >= 11 is 0. The summed E-state index contributed by atoms with van der Waals surface area (Å²) in [4.78, 5) is 13.7. The molecule has 1 aliphatic rings. The molecule has 20 heavy (non-hydrogen) atoms. The van der Waals surface area contributed by atoms with Crippen LogP contribution in [0.15, 0.2) is 12.1 Å². The summed E-state index contributed by atoms with van der Waals surface area (Å²) in [5.74, 6) is -2.81. The zero-order valence-electron chi connectivity index (χ0n) is 11.4. The van der Waals surface area contributed by atoms with E-state index in [0.29, 0.717) is 0 Å². The van der Waals surface area contributed by atoms with E-state index in [1.807, 2.05) is 0 Å². The summed E-state index contributed by atoms with van der Waals surface area (Å²) in [6, 6.07) is 2.10. The number of aryl methyl sites for hydroxylation is 1. The van der Waals surface area contributed by atoms with Crippen molar-refractivity contribution >= 4 is 5.91 Å². The molecule has 0 aromatic heterocycles. The first kappa shape index (κ1) is 14.9. The maximum atomic E-state index is 13.9. The summed E-state index contributed by atoms with van der Waals surface area (Å²) in [7, 11) is 0. The first-order chi connectivity index (χ1) is 9.47. The van der Waals surface area contributed by atoms with E-state index in [9.17, 15) is 18.7 Å². The second-order valence-electron chi connectivity index (χ2n) is 4.82. The van der Waals surface area contributed by atoms with Crippen molar-refractivity contribution in [2.75, 3.05) is 19.8 Å². The van der Waals surface area contributed by atoms with E-state index in [0.717, 1.165) is 0 Å². The molecule has 0 saturated carbocycles. The zero-order chi connectivity index (χ0) is 14.9. The van der Waals surface area contributed by atoms with E-state index in [1.165, 1.54) is 24.0 Å². The largest absolute Gasteiger partial charge is 0.388 e. The van der Waals surface area contributed by atoms with Gasteiger partial charge in [-0.25, -0.2) is 8.78 Å². The van der Waals surface area contributed by atoms with Crippen molar-refractivity contribution in [3.05, 3.63) is 34.9 Å². The van der Waals surface area contributed by atoms with Crippen molar-refractivity contribution in [1.82, 2.24) is 4.90 Å². The van der Waals surface area contributed by atoms with E-state index in [2.05, 4.69) is 0 Å². The number of aliphatic hydroxyl groups excluding tert-OH is 1. The number of amides is 1. The summed E-state index contributed by atoms with van der Waals surface area (Å²) < 4.78 is 32.5. The van der Waals surface area contributed by atoms with Crippen molar-refractivity contribution in [1.29, 1.82) is 0 Å². The molecule has 1 saturated heterocycles. The van der Waals surface area contributed by atoms with Gasteiger partial charge in [-0.2, -0.15) is 0 Å². The molecular formula is C14H17F2NO3. The van der Waals surface area contributed by atoms with Gasteiger partial charge in [0.15, 0.2) is 11.6 Å². The molecular weight excluding hydrogens is 268 g/mol. The molecule has 110 valence electrons. The second-order valence-corrected chi connectivity index (χ2v) is 4.82. The molecule has 4 nitrogen and oxygen atoms in total. The maximum Gasteiger partial charge on any atom is 0.257 e. The lowest BCUT2D eigenvalue weighted by Crippen LogP contribution is -2.46. The Bertz CT molecular complexity index is 521. The average molecular weight is 285 g/mol. The van der Waals surface area contributed by atoms with Crippen LogP contribution >= 0.6 is 0 Å². The van der Waals surface area contributed by atoms with Crippen LogP contribution in [0.1, 0.15) is 22.8 Å². The summed E-state index contributed by atoms with van der Waals surface area (Å²) in [5.41, 5.74) is -0.180. The third-order valence-corrected chi connectivity index (χ3v) is 3.53. The second kappa shape index (κ2) is 5.85. The van der Waals surface area contributed by atoms with Crippen LogP contribution in [0.3, 0.4) is 0 Å². The smallest absolute Gasteiger partial charge is 0.257 e. The molecule has 0 radical (unpaired) electrons. The lowest BCUT2D eigenvalue weighted by molar-refractivity contribution is 0.0515. The molecule has 0 spiro atoms. The fourth-order valence-electron chi connectivity index (χ4n) is 2.32. The molecule has 0 aliphatic carbocycles. The molecule has 1 aliphatic heterocycles. The predicted octanol–water partition coefficient (Wildman–Crippen LogP) is 1.50. The number of likely N-dealkylation sites (N-methyl/N-ethyl adjacent to an activating group) is 1. The molecule has 1 fully saturated rings. The number of halogens is 2. The molecule has 0 bridgehead atoms. The van der Waals surface area contributed by atoms with Gasteiger partial charge in [-0.1, -0.05) is 6.07 Å². The Balaban J connectivity index is 2.32. The van der Waals surface area contributed by atoms with Gasteiger partial charge >= 0.3 is 0 Å². The number of carbonyl (C=O) groups is 1. The molecule has 2 atom stereocenters. The van der Waals surface area contributed by atoms with Gasteiger partial charge in [0.1, 0.15) is 0 Å². The Labute approximate surface area is 116 Å². The van der Waals surface area contributed by atoms with E-state index in [-0.39, 0.29) is 30.9 Å². The Morgan fingerprint density at radius 1 is 1.40 bits per heavy atom. The van der Waals surface area contributed by atoms with Crippen LogP contribution in [-0.2, 0) is 4.74 Å². The third-order valence-electron chi connectivity index (χ3n) is 3.53. The predicted molar refractivity (Wildman–Crippen MR) is 68.4 cm³/mol. The van der Waals surface area contributed by atoms with Gasteiger partial charge in [-0.15, -0.1) is 0 Å². The van der Waals surface area contributed by atoms with Crippen molar-refractivity contribution in [2.45, 2.75) is 26.0 Å². The number of ether oxygens (including phenoxy) is 1. The number of aliphatic hydroxyl groups is 1. The zero-order valence-corrected chi connectivity index (χ0v) is 11.4. The van der Waals surface area contributed by atoms with Gasteiger partial charge in [0, 0.05) is 6.54 Å². The van der Waals surface area contributed by atoms with Crippen LogP contribution in [0.4, 0.5) is 8.78 Å². The van der Waals surface area contributed by atoms with Crippen LogP contribution in [0.2, 0.25) is 0 Å². The van der Waals surface area contributed by atoms with Crippen LogP contribution in [0.5, 0.6) is 0 Å². The number of rotatable bonds is 3. The monoisotopic (exact) mass is 285 g/mol. The van der Waals surface area contributed by atoms with Crippen molar-refractivity contribution in [3.8, 4) is 0 Å². The molecule has 1 aromatic carbocycles. The van der Waals surface area contributed by atoms with Gasteiger partial charge < -0.3 is 14.7 Å². The summed E-state index contributed by atoms with van der Waals surface area (Å²) in [5, 5.41) is 9.77. The fourth-order valence-corrected chi connectivity index (χ4v) is 2.32. The molecule has 1 N–H and O–H groups in total. The lowest BCUT2D eigenvalue weighted by atomic mass is 10.1. The van der Waals surface area contributed by atoms with Gasteiger partial charge in [0.2, 0.25) is 0 Å². The molecule has 2 rings (SSSR count). The first-order valence-electron chi connectivity index (χ1n) is 6.48. The molecule has 6 heteroatoms. The fraction of sp³-hybridized carbons (Fsp3) is 0.500. The molecule has 1 aromatic rings. The highest BCUT2D eigenvalue weighted by Crippen LogP contribution is 2.21. The number of carbonyl (C=O) groups excluding carboxylic acids is 1. The minimum atomic E-state index is -1.15. The van der Waals surface area contributed by atoms with Crippen molar-refractivity contribution in [3.63, 3.8) is 0 Å². The maximum absolute atomic E-state index is 13.9. The molecule has 1 amide bonds. The Hall–Kier alpha value is -1.53. The van der Waals surface area contributed by atoms with E-state index in [4.69, 9.17) is 4.74 Å². The van der Waals surface area contributed by atoms with E-state index < -0.39 is 29.7 Å². The molecule has 1 heterocycles. The van der Waals surface area contributed by atoms with E-state index in [1.54, 1.807) is 6.92 Å². The summed E-state index contributed by atoms with van der Waals surface area (Å²) in [6.07, 6.45) is -0.808. The Kier molecular flexibility index (Phi) is 4.35. The SMILES string of the molecule is CCN(C(=O)c1ccc(C)c(F)c1F)[C@@H]1COC[C@H]1O. The van der Waals surface area contributed by atoms with Crippen LogP contribution in [0, 0.1) is 18.6 Å². The average Bonchev–Trinajstić information content (AvgIpc) is 2.83. The number of hydrogen-bond donors (Lipinski definition) is 1. The van der Waals surface area contributed by atoms with Crippen LogP contribution in [0.25, 0.3) is 0 Å². The quantitative estimate of drug-likeness (QED) is 0.915. The highest BCUT2D eigenvalue weighted by atomic mass is 19.2. The first-order valence-corrected chi connectivity index (χ1v) is 6.48. The number of nitrogens with zero attached hydrogens (tertiary/aromatic N) is 1. The topological polar surface area (TPSA) is 49.8 Å². The van der Waals surface area contributed by atoms with Crippen LogP contribution < -0.4 is 0 Å².